The summed E-state index contributed by atoms with van der Waals surface area (Å²) in [6.45, 7) is 2.69. The predicted octanol–water partition coefficient (Wildman–Crippen LogP) is 2.30. The molecule has 1 aliphatic rings. The van der Waals surface area contributed by atoms with Crippen molar-refractivity contribution in [3.63, 3.8) is 0 Å². The van der Waals surface area contributed by atoms with Gasteiger partial charge in [0.05, 0.1) is 17.6 Å². The van der Waals surface area contributed by atoms with E-state index in [-0.39, 0.29) is 33.9 Å². The smallest absolute Gasteiger partial charge is 0.339 e. The lowest BCUT2D eigenvalue weighted by atomic mass is 9.92. The summed E-state index contributed by atoms with van der Waals surface area (Å²) >= 11 is 5.92. The molecule has 24 heavy (non-hydrogen) atoms. The van der Waals surface area contributed by atoms with Crippen LogP contribution < -0.4 is 5.73 Å². The molecule has 136 valence electrons. The van der Waals surface area contributed by atoms with Gasteiger partial charge in [-0.25, -0.2) is 13.2 Å². The highest BCUT2D eigenvalue weighted by atomic mass is 35.5. The minimum Gasteiger partial charge on any atom is -0.465 e. The molecule has 0 bridgehead atoms. The first-order valence-corrected chi connectivity index (χ1v) is 9.22. The standard InChI is InChI=1S/C15H21ClN2O4S.ClH/c1-10(17)11-5-7-18(8-6-11)23(20,21)14-9-12(16)3-4-13(14)15(19)22-2;/h3-4,9-11H,5-8,17H2,1-2H3;1H. The Bertz CT molecular complexity index is 687. The molecule has 1 aromatic carbocycles. The number of methoxy groups -OCH3 is 1. The summed E-state index contributed by atoms with van der Waals surface area (Å²) in [6, 6.07) is 4.17. The van der Waals surface area contributed by atoms with Gasteiger partial charge in [0.15, 0.2) is 0 Å². The van der Waals surface area contributed by atoms with E-state index in [2.05, 4.69) is 4.74 Å². The fraction of sp³-hybridized carbons (Fsp3) is 0.533. The van der Waals surface area contributed by atoms with Gasteiger partial charge in [0.25, 0.3) is 0 Å². The van der Waals surface area contributed by atoms with Gasteiger partial charge in [-0.05, 0) is 43.9 Å². The van der Waals surface area contributed by atoms with Crippen LogP contribution in [0, 0.1) is 5.92 Å². The zero-order chi connectivity index (χ0) is 17.2. The molecule has 1 aliphatic heterocycles. The third kappa shape index (κ3) is 4.40. The summed E-state index contributed by atoms with van der Waals surface area (Å²) in [5.41, 5.74) is 5.88. The third-order valence-corrected chi connectivity index (χ3v) is 6.38. The monoisotopic (exact) mass is 396 g/mol. The average molecular weight is 397 g/mol. The third-order valence-electron chi connectivity index (χ3n) is 4.21. The summed E-state index contributed by atoms with van der Waals surface area (Å²) in [5.74, 6) is -0.397. The number of sulfonamides is 1. The minimum absolute atomic E-state index is 0. The van der Waals surface area contributed by atoms with Crippen molar-refractivity contribution >= 4 is 40.0 Å². The topological polar surface area (TPSA) is 89.7 Å². The highest BCUT2D eigenvalue weighted by Crippen LogP contribution is 2.29. The van der Waals surface area contributed by atoms with E-state index in [0.717, 1.165) is 0 Å². The number of carbonyl (C=O) groups excluding carboxylic acids is 1. The lowest BCUT2D eigenvalue weighted by Gasteiger charge is -2.33. The Labute approximate surface area is 153 Å². The van der Waals surface area contributed by atoms with Gasteiger partial charge in [0.1, 0.15) is 0 Å². The molecule has 1 atom stereocenters. The first kappa shape index (κ1) is 21.2. The van der Waals surface area contributed by atoms with Crippen LogP contribution in [0.3, 0.4) is 0 Å². The van der Waals surface area contributed by atoms with Crippen molar-refractivity contribution in [2.75, 3.05) is 20.2 Å². The van der Waals surface area contributed by atoms with Crippen molar-refractivity contribution in [1.82, 2.24) is 4.31 Å². The van der Waals surface area contributed by atoms with E-state index in [0.29, 0.717) is 31.8 Å². The maximum Gasteiger partial charge on any atom is 0.339 e. The summed E-state index contributed by atoms with van der Waals surface area (Å²) in [6.07, 6.45) is 1.40. The number of ether oxygens (including phenoxy) is 1. The summed E-state index contributed by atoms with van der Waals surface area (Å²) in [7, 11) is -2.60. The number of nitrogens with zero attached hydrogens (tertiary/aromatic N) is 1. The van der Waals surface area contributed by atoms with Crippen LogP contribution in [0.1, 0.15) is 30.1 Å². The number of rotatable bonds is 4. The van der Waals surface area contributed by atoms with Crippen molar-refractivity contribution in [2.24, 2.45) is 11.7 Å². The molecule has 0 aromatic heterocycles. The van der Waals surface area contributed by atoms with Crippen LogP contribution in [-0.2, 0) is 14.8 Å². The Balaban J connectivity index is 0.00000288. The first-order chi connectivity index (χ1) is 10.8. The molecule has 6 nitrogen and oxygen atoms in total. The van der Waals surface area contributed by atoms with Crippen molar-refractivity contribution in [3.8, 4) is 0 Å². The molecular formula is C15H22Cl2N2O4S. The molecule has 1 saturated heterocycles. The normalized spacial score (nSPS) is 17.8. The van der Waals surface area contributed by atoms with Gasteiger partial charge in [0.2, 0.25) is 10.0 Å². The van der Waals surface area contributed by atoms with E-state index in [9.17, 15) is 13.2 Å². The van der Waals surface area contributed by atoms with Crippen molar-refractivity contribution < 1.29 is 17.9 Å². The Morgan fingerprint density at radius 3 is 2.46 bits per heavy atom. The fourth-order valence-corrected chi connectivity index (χ4v) is 4.68. The van der Waals surface area contributed by atoms with Gasteiger partial charge in [-0.1, -0.05) is 11.6 Å². The lowest BCUT2D eigenvalue weighted by Crippen LogP contribution is -2.42. The molecule has 0 amide bonds. The van der Waals surface area contributed by atoms with E-state index >= 15 is 0 Å². The van der Waals surface area contributed by atoms with Crippen LogP contribution in [0.25, 0.3) is 0 Å². The number of hydrogen-bond donors (Lipinski definition) is 1. The number of nitrogens with two attached hydrogens (primary N) is 1. The largest absolute Gasteiger partial charge is 0.465 e. The van der Waals surface area contributed by atoms with Crippen LogP contribution in [0.2, 0.25) is 5.02 Å². The zero-order valence-electron chi connectivity index (χ0n) is 13.6. The van der Waals surface area contributed by atoms with Crippen molar-refractivity contribution in [1.29, 1.82) is 0 Å². The zero-order valence-corrected chi connectivity index (χ0v) is 16.0. The van der Waals surface area contributed by atoms with Crippen LogP contribution >= 0.6 is 24.0 Å². The first-order valence-electron chi connectivity index (χ1n) is 7.41. The van der Waals surface area contributed by atoms with E-state index in [4.69, 9.17) is 17.3 Å². The van der Waals surface area contributed by atoms with Crippen LogP contribution in [0.4, 0.5) is 0 Å². The minimum atomic E-state index is -3.81. The number of benzene rings is 1. The predicted molar refractivity (Wildman–Crippen MR) is 95.2 cm³/mol. The molecule has 1 aromatic rings. The molecule has 0 spiro atoms. The second-order valence-corrected chi connectivity index (χ2v) is 8.08. The number of halogens is 2. The maximum atomic E-state index is 12.9. The average Bonchev–Trinajstić information content (AvgIpc) is 2.54. The number of hydrogen-bond acceptors (Lipinski definition) is 5. The van der Waals surface area contributed by atoms with Gasteiger partial charge in [-0.3, -0.25) is 0 Å². The SMILES string of the molecule is COC(=O)c1ccc(Cl)cc1S(=O)(=O)N1CCC(C(C)N)CC1.Cl. The molecule has 1 heterocycles. The molecule has 1 fully saturated rings. The van der Waals surface area contributed by atoms with Gasteiger partial charge in [-0.15, -0.1) is 12.4 Å². The van der Waals surface area contributed by atoms with Crippen molar-refractivity contribution in [3.05, 3.63) is 28.8 Å². The van der Waals surface area contributed by atoms with E-state index in [1.165, 1.54) is 29.6 Å². The molecule has 0 radical (unpaired) electrons. The highest BCUT2D eigenvalue weighted by molar-refractivity contribution is 7.89. The quantitative estimate of drug-likeness (QED) is 0.788. The maximum absolute atomic E-state index is 12.9. The van der Waals surface area contributed by atoms with Gasteiger partial charge in [0, 0.05) is 24.2 Å². The Hall–Kier alpha value is -0.860. The summed E-state index contributed by atoms with van der Waals surface area (Å²) in [5, 5.41) is 0.252. The van der Waals surface area contributed by atoms with E-state index in [1.807, 2.05) is 6.92 Å². The van der Waals surface area contributed by atoms with Gasteiger partial charge in [-0.2, -0.15) is 4.31 Å². The van der Waals surface area contributed by atoms with E-state index in [1.54, 1.807) is 0 Å². The Morgan fingerprint density at radius 2 is 1.96 bits per heavy atom. The number of piperidine rings is 1. The number of carbonyl (C=O) groups is 1. The second-order valence-electron chi connectivity index (χ2n) is 5.73. The molecule has 2 N–H and O–H groups in total. The Morgan fingerprint density at radius 1 is 1.38 bits per heavy atom. The van der Waals surface area contributed by atoms with Crippen LogP contribution in [-0.4, -0.2) is 44.9 Å². The molecular weight excluding hydrogens is 375 g/mol. The highest BCUT2D eigenvalue weighted by Gasteiger charge is 2.33. The molecule has 0 saturated carbocycles. The van der Waals surface area contributed by atoms with Crippen molar-refractivity contribution in [2.45, 2.75) is 30.7 Å². The molecule has 2 rings (SSSR count). The van der Waals surface area contributed by atoms with E-state index < -0.39 is 16.0 Å². The second kappa shape index (κ2) is 8.49. The summed E-state index contributed by atoms with van der Waals surface area (Å²) in [4.78, 5) is 11.7. The van der Waals surface area contributed by atoms with Crippen LogP contribution in [0.5, 0.6) is 0 Å². The summed E-state index contributed by atoms with van der Waals surface area (Å²) < 4.78 is 31.8. The lowest BCUT2D eigenvalue weighted by molar-refractivity contribution is 0.0596. The fourth-order valence-electron chi connectivity index (χ4n) is 2.77. The van der Waals surface area contributed by atoms with Crippen LogP contribution in [0.15, 0.2) is 23.1 Å². The molecule has 1 unspecified atom stereocenters. The van der Waals surface area contributed by atoms with Gasteiger partial charge < -0.3 is 10.5 Å². The molecule has 9 heteroatoms. The Kier molecular flexibility index (Phi) is 7.49. The number of esters is 1. The molecule has 0 aliphatic carbocycles. The van der Waals surface area contributed by atoms with Gasteiger partial charge >= 0.3 is 5.97 Å².